The summed E-state index contributed by atoms with van der Waals surface area (Å²) in [6, 6.07) is 11.8. The Morgan fingerprint density at radius 3 is 2.45 bits per heavy atom. The largest absolute Gasteiger partial charge is 0.491 e. The van der Waals surface area contributed by atoms with Crippen molar-refractivity contribution in [1.29, 1.82) is 0 Å². The molecule has 0 spiro atoms. The number of aromatic nitrogens is 1. The maximum Gasteiger partial charge on any atom is 0.119 e. The number of rotatable bonds is 5. The summed E-state index contributed by atoms with van der Waals surface area (Å²) in [7, 11) is 1.66. The maximum absolute atomic E-state index is 5.52. The van der Waals surface area contributed by atoms with E-state index in [1.165, 1.54) is 0 Å². The molecule has 1 aromatic heterocycles. The van der Waals surface area contributed by atoms with Crippen LogP contribution in [0.4, 0.5) is 0 Å². The van der Waals surface area contributed by atoms with Crippen molar-refractivity contribution in [2.45, 2.75) is 6.92 Å². The van der Waals surface area contributed by atoms with Crippen LogP contribution in [-0.2, 0) is 4.74 Å². The lowest BCUT2D eigenvalue weighted by atomic mass is 10.1. The van der Waals surface area contributed by atoms with Crippen LogP contribution < -0.4 is 4.74 Å². The molecule has 3 heteroatoms. The van der Waals surface area contributed by atoms with Crippen LogP contribution in [0.2, 0.25) is 0 Å². The van der Waals surface area contributed by atoms with Gasteiger partial charge in [0, 0.05) is 24.4 Å². The van der Waals surface area contributed by atoms with E-state index in [-0.39, 0.29) is 0 Å². The predicted molar refractivity (Wildman–Crippen MR) is 79.6 cm³/mol. The van der Waals surface area contributed by atoms with E-state index in [1.54, 1.807) is 13.3 Å². The van der Waals surface area contributed by atoms with Crippen molar-refractivity contribution in [3.8, 4) is 28.8 Å². The molecule has 0 aliphatic heterocycles. The summed E-state index contributed by atoms with van der Waals surface area (Å²) in [5.74, 6) is 6.67. The summed E-state index contributed by atoms with van der Waals surface area (Å²) in [5.41, 5.74) is 2.91. The third-order valence-electron chi connectivity index (χ3n) is 2.74. The highest BCUT2D eigenvalue weighted by molar-refractivity contribution is 5.60. The molecule has 1 heterocycles. The van der Waals surface area contributed by atoms with Gasteiger partial charge in [-0.1, -0.05) is 5.92 Å². The first-order valence-electron chi connectivity index (χ1n) is 6.44. The Kier molecular flexibility index (Phi) is 5.16. The van der Waals surface area contributed by atoms with Crippen LogP contribution in [0.1, 0.15) is 12.5 Å². The van der Waals surface area contributed by atoms with Gasteiger partial charge in [-0.15, -0.1) is 5.92 Å². The third kappa shape index (κ3) is 3.84. The molecule has 0 saturated carbocycles. The molecule has 0 unspecified atom stereocenters. The van der Waals surface area contributed by atoms with E-state index in [2.05, 4.69) is 16.8 Å². The first kappa shape index (κ1) is 14.1. The lowest BCUT2D eigenvalue weighted by molar-refractivity contribution is 0.146. The zero-order valence-electron chi connectivity index (χ0n) is 11.7. The number of ether oxygens (including phenoxy) is 2. The van der Waals surface area contributed by atoms with E-state index in [0.717, 1.165) is 22.6 Å². The second-order valence-electron chi connectivity index (χ2n) is 4.17. The van der Waals surface area contributed by atoms with Gasteiger partial charge in [0.2, 0.25) is 0 Å². The van der Waals surface area contributed by atoms with Crippen LogP contribution in [0, 0.1) is 11.8 Å². The average molecular weight is 267 g/mol. The van der Waals surface area contributed by atoms with Gasteiger partial charge in [-0.05, 0) is 43.3 Å². The topological polar surface area (TPSA) is 31.4 Å². The molecule has 3 nitrogen and oxygen atoms in total. The van der Waals surface area contributed by atoms with Gasteiger partial charge in [0.05, 0.1) is 12.3 Å². The molecule has 0 fully saturated rings. The second-order valence-corrected chi connectivity index (χ2v) is 4.17. The number of pyridine rings is 1. The Morgan fingerprint density at radius 2 is 1.85 bits per heavy atom. The molecule has 0 bridgehead atoms. The van der Waals surface area contributed by atoms with Crippen molar-refractivity contribution >= 4 is 0 Å². The van der Waals surface area contributed by atoms with Crippen molar-refractivity contribution in [1.82, 2.24) is 4.98 Å². The minimum Gasteiger partial charge on any atom is -0.491 e. The Hall–Kier alpha value is -2.31. The smallest absolute Gasteiger partial charge is 0.119 e. The summed E-state index contributed by atoms with van der Waals surface area (Å²) in [5, 5.41) is 0. The highest BCUT2D eigenvalue weighted by Gasteiger charge is 2.00. The monoisotopic (exact) mass is 267 g/mol. The molecule has 0 saturated heterocycles. The first-order chi connectivity index (χ1) is 9.83. The van der Waals surface area contributed by atoms with Crippen LogP contribution in [0.25, 0.3) is 11.3 Å². The zero-order valence-corrected chi connectivity index (χ0v) is 11.7. The van der Waals surface area contributed by atoms with Gasteiger partial charge in [0.1, 0.15) is 12.4 Å². The number of hydrogen-bond acceptors (Lipinski definition) is 3. The molecular weight excluding hydrogens is 250 g/mol. The molecule has 20 heavy (non-hydrogen) atoms. The van der Waals surface area contributed by atoms with Crippen LogP contribution in [0.15, 0.2) is 42.6 Å². The van der Waals surface area contributed by atoms with Crippen molar-refractivity contribution in [2.24, 2.45) is 0 Å². The van der Waals surface area contributed by atoms with Crippen LogP contribution in [-0.4, -0.2) is 25.3 Å². The standard InChI is InChI=1S/C17H17NO2/c1-3-4-14-5-10-17(18-13-14)15-6-8-16(9-7-15)20-12-11-19-2/h5-10,13H,11-12H2,1-2H3. The van der Waals surface area contributed by atoms with Crippen LogP contribution in [0.3, 0.4) is 0 Å². The minimum absolute atomic E-state index is 0.554. The van der Waals surface area contributed by atoms with Gasteiger partial charge in [0.15, 0.2) is 0 Å². The Labute approximate surface area is 119 Å². The molecule has 1 aromatic carbocycles. The lowest BCUT2D eigenvalue weighted by Crippen LogP contribution is -2.03. The second kappa shape index (κ2) is 7.32. The zero-order chi connectivity index (χ0) is 14.2. The highest BCUT2D eigenvalue weighted by Crippen LogP contribution is 2.20. The van der Waals surface area contributed by atoms with Gasteiger partial charge < -0.3 is 9.47 Å². The Bertz CT molecular complexity index is 592. The molecule has 2 rings (SSSR count). The van der Waals surface area contributed by atoms with Crippen LogP contribution in [0.5, 0.6) is 5.75 Å². The summed E-state index contributed by atoms with van der Waals surface area (Å²) < 4.78 is 10.5. The first-order valence-corrected chi connectivity index (χ1v) is 6.44. The summed E-state index contributed by atoms with van der Waals surface area (Å²) in [6.07, 6.45) is 1.79. The van der Waals surface area contributed by atoms with E-state index in [1.807, 2.05) is 43.3 Å². The normalized spacial score (nSPS) is 9.70. The van der Waals surface area contributed by atoms with E-state index in [9.17, 15) is 0 Å². The fourth-order valence-corrected chi connectivity index (χ4v) is 1.75. The van der Waals surface area contributed by atoms with Crippen molar-refractivity contribution in [2.75, 3.05) is 20.3 Å². The van der Waals surface area contributed by atoms with Gasteiger partial charge in [-0.3, -0.25) is 4.98 Å². The quantitative estimate of drug-likeness (QED) is 0.616. The van der Waals surface area contributed by atoms with Gasteiger partial charge >= 0.3 is 0 Å². The molecular formula is C17H17NO2. The summed E-state index contributed by atoms with van der Waals surface area (Å²) >= 11 is 0. The molecule has 0 aliphatic rings. The maximum atomic E-state index is 5.52. The molecule has 0 aliphatic carbocycles. The van der Waals surface area contributed by atoms with E-state index in [0.29, 0.717) is 13.2 Å². The Balaban J connectivity index is 2.06. The number of hydrogen-bond donors (Lipinski definition) is 0. The predicted octanol–water partition coefficient (Wildman–Crippen LogP) is 3.15. The summed E-state index contributed by atoms with van der Waals surface area (Å²) in [4.78, 5) is 4.41. The molecule has 0 atom stereocenters. The number of nitrogens with zero attached hydrogens (tertiary/aromatic N) is 1. The highest BCUT2D eigenvalue weighted by atomic mass is 16.5. The van der Waals surface area contributed by atoms with Crippen LogP contribution >= 0.6 is 0 Å². The fourth-order valence-electron chi connectivity index (χ4n) is 1.75. The van der Waals surface area contributed by atoms with Gasteiger partial charge in [-0.25, -0.2) is 0 Å². The Morgan fingerprint density at radius 1 is 1.05 bits per heavy atom. The summed E-state index contributed by atoms with van der Waals surface area (Å²) in [6.45, 7) is 2.96. The number of benzene rings is 1. The lowest BCUT2D eigenvalue weighted by Gasteiger charge is -2.06. The molecule has 2 aromatic rings. The third-order valence-corrected chi connectivity index (χ3v) is 2.74. The van der Waals surface area contributed by atoms with Gasteiger partial charge in [-0.2, -0.15) is 0 Å². The fraction of sp³-hybridized carbons (Fsp3) is 0.235. The molecule has 0 amide bonds. The van der Waals surface area contributed by atoms with Crippen molar-refractivity contribution in [3.63, 3.8) is 0 Å². The SMILES string of the molecule is CC#Cc1ccc(-c2ccc(OCCOC)cc2)nc1. The van der Waals surface area contributed by atoms with E-state index >= 15 is 0 Å². The van der Waals surface area contributed by atoms with E-state index < -0.39 is 0 Å². The number of methoxy groups -OCH3 is 1. The van der Waals surface area contributed by atoms with Gasteiger partial charge in [0.25, 0.3) is 0 Å². The van der Waals surface area contributed by atoms with Crippen molar-refractivity contribution < 1.29 is 9.47 Å². The van der Waals surface area contributed by atoms with E-state index in [4.69, 9.17) is 9.47 Å². The molecule has 0 radical (unpaired) electrons. The van der Waals surface area contributed by atoms with Crippen molar-refractivity contribution in [3.05, 3.63) is 48.2 Å². The minimum atomic E-state index is 0.554. The molecule has 0 N–H and O–H groups in total. The average Bonchev–Trinajstić information content (AvgIpc) is 2.49. The molecule has 102 valence electrons.